The summed E-state index contributed by atoms with van der Waals surface area (Å²) in [6, 6.07) is 4.07. The minimum absolute atomic E-state index is 0.105. The smallest absolute Gasteiger partial charge is 0.0616 e. The average molecular weight is 161 g/mol. The van der Waals surface area contributed by atoms with Crippen LogP contribution in [0.5, 0.6) is 0 Å². The quantitative estimate of drug-likeness (QED) is 0.624. The number of fused-ring (bicyclic) bond motifs is 5. The molecule has 0 amide bonds. The van der Waals surface area contributed by atoms with Crippen molar-refractivity contribution in [3.05, 3.63) is 29.6 Å². The second-order valence-corrected chi connectivity index (χ2v) is 3.82. The fourth-order valence-corrected chi connectivity index (χ4v) is 2.66. The Morgan fingerprint density at radius 3 is 3.25 bits per heavy atom. The van der Waals surface area contributed by atoms with Crippen LogP contribution in [0.15, 0.2) is 18.3 Å². The van der Waals surface area contributed by atoms with Crippen LogP contribution in [0, 0.1) is 0 Å². The van der Waals surface area contributed by atoms with Gasteiger partial charge in [0.1, 0.15) is 0 Å². The van der Waals surface area contributed by atoms with Crippen LogP contribution in [0.4, 0.5) is 0 Å². The minimum Gasteiger partial charge on any atom is -0.392 e. The van der Waals surface area contributed by atoms with Crippen LogP contribution >= 0.6 is 0 Å². The number of rotatable bonds is 0. The summed E-state index contributed by atoms with van der Waals surface area (Å²) < 4.78 is 0. The second kappa shape index (κ2) is 2.07. The lowest BCUT2D eigenvalue weighted by atomic mass is 9.94. The van der Waals surface area contributed by atoms with E-state index in [9.17, 15) is 5.11 Å². The largest absolute Gasteiger partial charge is 0.392 e. The summed E-state index contributed by atoms with van der Waals surface area (Å²) in [6.45, 7) is 0. The molecular weight excluding hydrogens is 150 g/mol. The highest BCUT2D eigenvalue weighted by molar-refractivity contribution is 5.37. The van der Waals surface area contributed by atoms with E-state index in [0.29, 0.717) is 11.8 Å². The number of aliphatic hydroxyl groups excluding tert-OH is 1. The molecule has 0 aromatic carbocycles. The molecule has 1 N–H and O–H groups in total. The SMILES string of the molecule is O[C@@H]1C[C@@H]2C[C@H]1c1cccnc12. The number of aliphatic hydroxyl groups is 1. The second-order valence-electron chi connectivity index (χ2n) is 3.82. The monoisotopic (exact) mass is 161 g/mol. The molecule has 1 aromatic rings. The molecule has 3 atom stereocenters. The number of aromatic nitrogens is 1. The van der Waals surface area contributed by atoms with Gasteiger partial charge in [0, 0.05) is 23.7 Å². The molecule has 12 heavy (non-hydrogen) atoms. The Labute approximate surface area is 71.3 Å². The Morgan fingerprint density at radius 2 is 2.33 bits per heavy atom. The van der Waals surface area contributed by atoms with Crippen LogP contribution in [0.3, 0.4) is 0 Å². The highest BCUT2D eigenvalue weighted by Gasteiger charge is 2.43. The molecule has 0 radical (unpaired) electrons. The first-order valence-electron chi connectivity index (χ1n) is 4.49. The lowest BCUT2D eigenvalue weighted by Gasteiger charge is -2.18. The minimum atomic E-state index is -0.105. The normalized spacial score (nSPS) is 36.9. The van der Waals surface area contributed by atoms with E-state index >= 15 is 0 Å². The summed E-state index contributed by atoms with van der Waals surface area (Å²) in [4.78, 5) is 4.37. The molecule has 1 saturated carbocycles. The van der Waals surface area contributed by atoms with Gasteiger partial charge < -0.3 is 5.11 Å². The zero-order valence-electron chi connectivity index (χ0n) is 6.77. The lowest BCUT2D eigenvalue weighted by molar-refractivity contribution is 0.158. The van der Waals surface area contributed by atoms with Gasteiger partial charge in [-0.15, -0.1) is 0 Å². The molecule has 1 heterocycles. The topological polar surface area (TPSA) is 33.1 Å². The molecule has 1 aromatic heterocycles. The van der Waals surface area contributed by atoms with E-state index in [1.165, 1.54) is 11.3 Å². The first-order chi connectivity index (χ1) is 5.86. The maximum absolute atomic E-state index is 9.64. The summed E-state index contributed by atoms with van der Waals surface area (Å²) in [7, 11) is 0. The van der Waals surface area contributed by atoms with Crippen LogP contribution in [0.1, 0.15) is 35.9 Å². The molecular formula is C10H11NO. The van der Waals surface area contributed by atoms with Crippen LogP contribution in [-0.4, -0.2) is 16.2 Å². The Balaban J connectivity index is 2.17. The Kier molecular flexibility index (Phi) is 1.14. The van der Waals surface area contributed by atoms with Gasteiger partial charge in [0.25, 0.3) is 0 Å². The van der Waals surface area contributed by atoms with Crippen molar-refractivity contribution >= 4 is 0 Å². The van der Waals surface area contributed by atoms with Crippen molar-refractivity contribution in [2.75, 3.05) is 0 Å². The van der Waals surface area contributed by atoms with Crippen molar-refractivity contribution in [3.63, 3.8) is 0 Å². The van der Waals surface area contributed by atoms with Gasteiger partial charge in [-0.2, -0.15) is 0 Å². The van der Waals surface area contributed by atoms with Crippen molar-refractivity contribution in [3.8, 4) is 0 Å². The number of nitrogens with zero attached hydrogens (tertiary/aromatic N) is 1. The van der Waals surface area contributed by atoms with E-state index in [0.717, 1.165) is 12.8 Å². The van der Waals surface area contributed by atoms with Gasteiger partial charge >= 0.3 is 0 Å². The highest BCUT2D eigenvalue weighted by atomic mass is 16.3. The van der Waals surface area contributed by atoms with Crippen molar-refractivity contribution in [1.29, 1.82) is 0 Å². The maximum atomic E-state index is 9.64. The molecule has 0 unspecified atom stereocenters. The molecule has 2 aliphatic rings. The van der Waals surface area contributed by atoms with Crippen molar-refractivity contribution in [2.45, 2.75) is 30.8 Å². The summed E-state index contributed by atoms with van der Waals surface area (Å²) in [6.07, 6.45) is 3.79. The Bertz CT molecular complexity index is 323. The van der Waals surface area contributed by atoms with E-state index in [1.807, 2.05) is 12.3 Å². The van der Waals surface area contributed by atoms with Gasteiger partial charge in [0.05, 0.1) is 6.10 Å². The predicted molar refractivity (Wildman–Crippen MR) is 45.0 cm³/mol. The Morgan fingerprint density at radius 1 is 1.42 bits per heavy atom. The molecule has 2 heteroatoms. The molecule has 0 saturated heterocycles. The molecule has 3 rings (SSSR count). The van der Waals surface area contributed by atoms with Crippen LogP contribution in [0.2, 0.25) is 0 Å². The molecule has 1 fully saturated rings. The zero-order valence-corrected chi connectivity index (χ0v) is 6.77. The van der Waals surface area contributed by atoms with Crippen molar-refractivity contribution in [1.82, 2.24) is 4.98 Å². The van der Waals surface area contributed by atoms with Crippen molar-refractivity contribution < 1.29 is 5.11 Å². The van der Waals surface area contributed by atoms with Crippen LogP contribution < -0.4 is 0 Å². The number of hydrogen-bond donors (Lipinski definition) is 1. The van der Waals surface area contributed by atoms with Gasteiger partial charge in [-0.1, -0.05) is 6.07 Å². The van der Waals surface area contributed by atoms with Gasteiger partial charge in [-0.25, -0.2) is 0 Å². The van der Waals surface area contributed by atoms with E-state index in [-0.39, 0.29) is 6.10 Å². The van der Waals surface area contributed by atoms with E-state index in [2.05, 4.69) is 11.1 Å². The molecule has 2 aliphatic carbocycles. The summed E-state index contributed by atoms with van der Waals surface area (Å²) in [5.74, 6) is 0.930. The highest BCUT2D eigenvalue weighted by Crippen LogP contribution is 2.51. The van der Waals surface area contributed by atoms with E-state index in [4.69, 9.17) is 0 Å². The predicted octanol–water partition coefficient (Wildman–Crippen LogP) is 1.42. The third-order valence-corrected chi connectivity index (χ3v) is 3.19. The fraction of sp³-hybridized carbons (Fsp3) is 0.500. The lowest BCUT2D eigenvalue weighted by Crippen LogP contribution is -2.15. The fourth-order valence-electron chi connectivity index (χ4n) is 2.66. The molecule has 0 spiro atoms. The number of pyridine rings is 1. The van der Waals surface area contributed by atoms with Gasteiger partial charge in [-0.3, -0.25) is 4.98 Å². The van der Waals surface area contributed by atoms with Crippen LogP contribution in [-0.2, 0) is 0 Å². The van der Waals surface area contributed by atoms with Gasteiger partial charge in [0.15, 0.2) is 0 Å². The standard InChI is InChI=1S/C10H11NO/c12-9-5-6-4-8(9)7-2-1-3-11-10(6)7/h1-3,6,8-9,12H,4-5H2/t6-,8-,9+/m0/s1. The average Bonchev–Trinajstić information content (AvgIpc) is 2.62. The molecule has 2 nitrogen and oxygen atoms in total. The molecule has 2 bridgehead atoms. The zero-order chi connectivity index (χ0) is 8.13. The first-order valence-corrected chi connectivity index (χ1v) is 4.49. The number of hydrogen-bond acceptors (Lipinski definition) is 2. The van der Waals surface area contributed by atoms with E-state index < -0.39 is 0 Å². The maximum Gasteiger partial charge on any atom is 0.0616 e. The van der Waals surface area contributed by atoms with E-state index in [1.54, 1.807) is 0 Å². The molecule has 0 aliphatic heterocycles. The van der Waals surface area contributed by atoms with Crippen molar-refractivity contribution in [2.24, 2.45) is 0 Å². The Hall–Kier alpha value is -0.890. The summed E-state index contributed by atoms with van der Waals surface area (Å²) in [5, 5.41) is 9.64. The van der Waals surface area contributed by atoms with Crippen LogP contribution in [0.25, 0.3) is 0 Å². The molecule has 62 valence electrons. The third kappa shape index (κ3) is 0.661. The summed E-state index contributed by atoms with van der Waals surface area (Å²) in [5.41, 5.74) is 2.54. The summed E-state index contributed by atoms with van der Waals surface area (Å²) >= 11 is 0. The first kappa shape index (κ1) is 6.61. The third-order valence-electron chi connectivity index (χ3n) is 3.19. The van der Waals surface area contributed by atoms with Gasteiger partial charge in [0.2, 0.25) is 0 Å². The van der Waals surface area contributed by atoms with Gasteiger partial charge in [-0.05, 0) is 24.5 Å².